The molecule has 2 rings (SSSR count). The normalized spacial score (nSPS) is 21.5. The Bertz CT molecular complexity index is 393. The zero-order valence-electron chi connectivity index (χ0n) is 11.7. The van der Waals surface area contributed by atoms with E-state index in [1.165, 1.54) is 11.1 Å². The molecule has 1 heterocycles. The average Bonchev–Trinajstić information content (AvgIpc) is 2.60. The summed E-state index contributed by atoms with van der Waals surface area (Å²) >= 11 is 0. The average molecular weight is 232 g/mol. The number of hydrogen-bond donors (Lipinski definition) is 1. The van der Waals surface area contributed by atoms with Crippen molar-refractivity contribution in [2.24, 2.45) is 16.7 Å². The van der Waals surface area contributed by atoms with Gasteiger partial charge in [-0.3, -0.25) is 4.98 Å². The summed E-state index contributed by atoms with van der Waals surface area (Å²) in [5, 5.41) is 3.56. The van der Waals surface area contributed by atoms with Crippen LogP contribution in [0.2, 0.25) is 0 Å². The molecule has 0 radical (unpaired) electrons. The monoisotopic (exact) mass is 232 g/mol. The van der Waals surface area contributed by atoms with Gasteiger partial charge in [0, 0.05) is 18.9 Å². The molecule has 0 aromatic carbocycles. The first kappa shape index (κ1) is 12.6. The second kappa shape index (κ2) is 4.09. The molecule has 1 aliphatic carbocycles. The molecule has 0 atom stereocenters. The van der Waals surface area contributed by atoms with Crippen LogP contribution in [0.3, 0.4) is 0 Å². The number of nitrogens with one attached hydrogen (secondary N) is 1. The molecule has 0 unspecified atom stereocenters. The van der Waals surface area contributed by atoms with Crippen LogP contribution in [-0.4, -0.2) is 11.5 Å². The molecule has 94 valence electrons. The van der Waals surface area contributed by atoms with Gasteiger partial charge in [-0.2, -0.15) is 0 Å². The molecule has 1 fully saturated rings. The fraction of sp³-hybridized carbons (Fsp3) is 0.667. The molecule has 0 amide bonds. The first-order valence-electron chi connectivity index (χ1n) is 6.47. The van der Waals surface area contributed by atoms with Gasteiger partial charge in [-0.15, -0.1) is 0 Å². The Morgan fingerprint density at radius 3 is 2.35 bits per heavy atom. The highest BCUT2D eigenvalue weighted by atomic mass is 14.9. The lowest BCUT2D eigenvalue weighted by Gasteiger charge is -2.06. The van der Waals surface area contributed by atoms with E-state index in [2.05, 4.69) is 51.0 Å². The number of aromatic nitrogens is 1. The van der Waals surface area contributed by atoms with Gasteiger partial charge in [0.05, 0.1) is 0 Å². The van der Waals surface area contributed by atoms with Gasteiger partial charge in [-0.05, 0) is 41.3 Å². The van der Waals surface area contributed by atoms with Crippen LogP contribution in [0.25, 0.3) is 0 Å². The predicted molar refractivity (Wildman–Crippen MR) is 71.7 cm³/mol. The van der Waals surface area contributed by atoms with Crippen molar-refractivity contribution in [1.29, 1.82) is 0 Å². The van der Waals surface area contributed by atoms with Crippen LogP contribution in [0.5, 0.6) is 0 Å². The van der Waals surface area contributed by atoms with E-state index in [1.54, 1.807) is 0 Å². The van der Waals surface area contributed by atoms with Crippen LogP contribution in [0.4, 0.5) is 0 Å². The third kappa shape index (κ3) is 2.23. The van der Waals surface area contributed by atoms with Crippen molar-refractivity contribution in [3.63, 3.8) is 0 Å². The molecule has 2 nitrogen and oxygen atoms in total. The Hall–Kier alpha value is -0.890. The Balaban J connectivity index is 1.82. The largest absolute Gasteiger partial charge is 0.312 e. The SMILES string of the molecule is Cc1cncc(CNCC2C(C)(C)C2(C)C)c1. The van der Waals surface area contributed by atoms with Crippen LogP contribution >= 0.6 is 0 Å². The molecule has 0 saturated heterocycles. The van der Waals surface area contributed by atoms with Crippen molar-refractivity contribution in [2.75, 3.05) is 6.54 Å². The van der Waals surface area contributed by atoms with E-state index in [0.717, 1.165) is 19.0 Å². The third-order valence-corrected chi connectivity index (χ3v) is 4.93. The standard InChI is InChI=1S/C15H24N2/c1-11-6-12(8-16-7-11)9-17-10-13-14(2,3)15(13,4)5/h6-8,13,17H,9-10H2,1-5H3. The maximum Gasteiger partial charge on any atom is 0.0313 e. The summed E-state index contributed by atoms with van der Waals surface area (Å²) in [4.78, 5) is 4.21. The summed E-state index contributed by atoms with van der Waals surface area (Å²) in [6, 6.07) is 2.20. The van der Waals surface area contributed by atoms with Crippen molar-refractivity contribution in [1.82, 2.24) is 10.3 Å². The Labute approximate surface area is 105 Å². The zero-order chi connectivity index (χ0) is 12.7. The highest BCUT2D eigenvalue weighted by Gasteiger charge is 2.63. The quantitative estimate of drug-likeness (QED) is 0.862. The highest BCUT2D eigenvalue weighted by molar-refractivity contribution is 5.17. The van der Waals surface area contributed by atoms with Gasteiger partial charge < -0.3 is 5.32 Å². The van der Waals surface area contributed by atoms with Crippen LogP contribution in [0.15, 0.2) is 18.5 Å². The number of aryl methyl sites for hydroxylation is 1. The van der Waals surface area contributed by atoms with Gasteiger partial charge in [0.1, 0.15) is 0 Å². The Morgan fingerprint density at radius 2 is 1.82 bits per heavy atom. The minimum Gasteiger partial charge on any atom is -0.312 e. The van der Waals surface area contributed by atoms with E-state index in [9.17, 15) is 0 Å². The Kier molecular flexibility index (Phi) is 3.03. The summed E-state index contributed by atoms with van der Waals surface area (Å²) in [6.45, 7) is 13.6. The minimum atomic E-state index is 0.477. The summed E-state index contributed by atoms with van der Waals surface area (Å²) in [7, 11) is 0. The second-order valence-corrected chi connectivity index (χ2v) is 6.50. The van der Waals surface area contributed by atoms with Crippen LogP contribution in [-0.2, 0) is 6.54 Å². The number of hydrogen-bond acceptors (Lipinski definition) is 2. The first-order valence-corrected chi connectivity index (χ1v) is 6.47. The first-order chi connectivity index (χ1) is 7.85. The molecule has 2 heteroatoms. The third-order valence-electron chi connectivity index (χ3n) is 4.93. The lowest BCUT2D eigenvalue weighted by atomic mass is 10.0. The van der Waals surface area contributed by atoms with E-state index in [1.807, 2.05) is 12.4 Å². The van der Waals surface area contributed by atoms with Crippen LogP contribution in [0, 0.1) is 23.7 Å². The summed E-state index contributed by atoms with van der Waals surface area (Å²) in [5.74, 6) is 0.785. The van der Waals surface area contributed by atoms with Gasteiger partial charge in [-0.25, -0.2) is 0 Å². The van der Waals surface area contributed by atoms with E-state index < -0.39 is 0 Å². The molecule has 1 N–H and O–H groups in total. The maximum atomic E-state index is 4.21. The molecule has 0 bridgehead atoms. The molecule has 1 saturated carbocycles. The molecule has 0 spiro atoms. The van der Waals surface area contributed by atoms with Gasteiger partial charge in [0.25, 0.3) is 0 Å². The van der Waals surface area contributed by atoms with Crippen molar-refractivity contribution in [3.8, 4) is 0 Å². The van der Waals surface area contributed by atoms with Crippen molar-refractivity contribution in [2.45, 2.75) is 41.2 Å². The number of pyridine rings is 1. The zero-order valence-corrected chi connectivity index (χ0v) is 11.7. The van der Waals surface area contributed by atoms with Gasteiger partial charge in [0.2, 0.25) is 0 Å². The van der Waals surface area contributed by atoms with Crippen molar-refractivity contribution < 1.29 is 0 Å². The van der Waals surface area contributed by atoms with Gasteiger partial charge >= 0.3 is 0 Å². The van der Waals surface area contributed by atoms with E-state index in [0.29, 0.717) is 10.8 Å². The van der Waals surface area contributed by atoms with Crippen LogP contribution in [0.1, 0.15) is 38.8 Å². The molecule has 1 aliphatic rings. The molecule has 17 heavy (non-hydrogen) atoms. The molecular weight excluding hydrogens is 208 g/mol. The van der Waals surface area contributed by atoms with Gasteiger partial charge in [-0.1, -0.05) is 33.8 Å². The van der Waals surface area contributed by atoms with E-state index >= 15 is 0 Å². The van der Waals surface area contributed by atoms with Gasteiger partial charge in [0.15, 0.2) is 0 Å². The molecule has 1 aromatic rings. The van der Waals surface area contributed by atoms with Crippen molar-refractivity contribution >= 4 is 0 Å². The Morgan fingerprint density at radius 1 is 1.18 bits per heavy atom. The summed E-state index contributed by atoms with van der Waals surface area (Å²) in [5.41, 5.74) is 3.47. The topological polar surface area (TPSA) is 24.9 Å². The summed E-state index contributed by atoms with van der Waals surface area (Å²) < 4.78 is 0. The highest BCUT2D eigenvalue weighted by Crippen LogP contribution is 2.67. The number of nitrogens with zero attached hydrogens (tertiary/aromatic N) is 1. The lowest BCUT2D eigenvalue weighted by Crippen LogP contribution is -2.19. The minimum absolute atomic E-state index is 0.477. The maximum absolute atomic E-state index is 4.21. The number of rotatable bonds is 4. The van der Waals surface area contributed by atoms with Crippen LogP contribution < -0.4 is 5.32 Å². The van der Waals surface area contributed by atoms with E-state index in [-0.39, 0.29) is 0 Å². The summed E-state index contributed by atoms with van der Waals surface area (Å²) in [6.07, 6.45) is 3.85. The molecular formula is C15H24N2. The smallest absolute Gasteiger partial charge is 0.0313 e. The fourth-order valence-electron chi connectivity index (χ4n) is 2.92. The van der Waals surface area contributed by atoms with E-state index in [4.69, 9.17) is 0 Å². The fourth-order valence-corrected chi connectivity index (χ4v) is 2.92. The lowest BCUT2D eigenvalue weighted by molar-refractivity contribution is 0.457. The second-order valence-electron chi connectivity index (χ2n) is 6.50. The predicted octanol–water partition coefficient (Wildman–Crippen LogP) is 3.16. The van der Waals surface area contributed by atoms with Crippen molar-refractivity contribution in [3.05, 3.63) is 29.6 Å². The molecule has 0 aliphatic heterocycles. The molecule has 1 aromatic heterocycles.